The van der Waals surface area contributed by atoms with Gasteiger partial charge in [0.25, 0.3) is 0 Å². The van der Waals surface area contributed by atoms with Crippen LogP contribution in [0.5, 0.6) is 11.5 Å². The van der Waals surface area contributed by atoms with E-state index in [9.17, 15) is 5.11 Å². The molecule has 1 heterocycles. The minimum absolute atomic E-state index is 0.481. The molecule has 116 valence electrons. The number of methoxy groups -OCH3 is 1. The molecule has 0 saturated heterocycles. The number of nitrogens with zero attached hydrogens (tertiary/aromatic N) is 1. The molecule has 0 amide bonds. The molecule has 0 aromatic heterocycles. The van der Waals surface area contributed by atoms with Crippen molar-refractivity contribution in [3.8, 4) is 11.5 Å². The van der Waals surface area contributed by atoms with Crippen LogP contribution in [0.3, 0.4) is 0 Å². The van der Waals surface area contributed by atoms with Crippen LogP contribution in [0.4, 0.5) is 0 Å². The molecule has 4 nitrogen and oxygen atoms in total. The van der Waals surface area contributed by atoms with Gasteiger partial charge in [-0.15, -0.1) is 0 Å². The SMILES string of the molecule is COc1cc2c(cc1OCc1ccccc1)CN(C)CC2O. The van der Waals surface area contributed by atoms with Crippen LogP contribution >= 0.6 is 0 Å². The first-order valence-electron chi connectivity index (χ1n) is 7.41. The van der Waals surface area contributed by atoms with E-state index in [2.05, 4.69) is 4.90 Å². The molecule has 1 atom stereocenters. The summed E-state index contributed by atoms with van der Waals surface area (Å²) < 4.78 is 11.4. The standard InChI is InChI=1S/C18H21NO3/c1-19-10-14-8-18(22-12-13-6-4-3-5-7-13)17(21-2)9-15(14)16(20)11-19/h3-9,16,20H,10-12H2,1-2H3. The monoisotopic (exact) mass is 299 g/mol. The van der Waals surface area contributed by atoms with Crippen molar-refractivity contribution in [1.29, 1.82) is 0 Å². The molecule has 0 radical (unpaired) electrons. The highest BCUT2D eigenvalue weighted by atomic mass is 16.5. The third kappa shape index (κ3) is 3.08. The summed E-state index contributed by atoms with van der Waals surface area (Å²) in [6.45, 7) is 1.94. The number of β-amino-alcohol motifs (C(OH)–C–C–N with tert-alkyl or cyclic N) is 1. The van der Waals surface area contributed by atoms with Crippen molar-refractivity contribution in [3.05, 3.63) is 59.2 Å². The van der Waals surface area contributed by atoms with Gasteiger partial charge in [0.05, 0.1) is 13.2 Å². The number of likely N-dealkylation sites (N-methyl/N-ethyl adjacent to an activating group) is 1. The lowest BCUT2D eigenvalue weighted by molar-refractivity contribution is 0.107. The molecule has 0 saturated carbocycles. The number of hydrogen-bond donors (Lipinski definition) is 1. The summed E-state index contributed by atoms with van der Waals surface area (Å²) in [5, 5.41) is 10.2. The van der Waals surface area contributed by atoms with Crippen molar-refractivity contribution in [2.24, 2.45) is 0 Å². The molecule has 22 heavy (non-hydrogen) atoms. The second-order valence-electron chi connectivity index (χ2n) is 5.69. The Hall–Kier alpha value is -2.04. The van der Waals surface area contributed by atoms with E-state index in [0.717, 1.165) is 23.2 Å². The van der Waals surface area contributed by atoms with E-state index in [1.807, 2.05) is 49.5 Å². The molecule has 2 aromatic carbocycles. The highest BCUT2D eigenvalue weighted by Crippen LogP contribution is 2.36. The maximum absolute atomic E-state index is 10.2. The van der Waals surface area contributed by atoms with Gasteiger partial charge in [0.1, 0.15) is 6.61 Å². The summed E-state index contributed by atoms with van der Waals surface area (Å²) >= 11 is 0. The Morgan fingerprint density at radius 2 is 1.95 bits per heavy atom. The third-order valence-corrected chi connectivity index (χ3v) is 3.95. The van der Waals surface area contributed by atoms with Crippen LogP contribution in [0, 0.1) is 0 Å². The van der Waals surface area contributed by atoms with Gasteiger partial charge in [0, 0.05) is 13.1 Å². The predicted molar refractivity (Wildman–Crippen MR) is 85.1 cm³/mol. The molecule has 0 fully saturated rings. The van der Waals surface area contributed by atoms with Crippen molar-refractivity contribution < 1.29 is 14.6 Å². The number of ether oxygens (including phenoxy) is 2. The Kier molecular flexibility index (Phi) is 4.32. The summed E-state index contributed by atoms with van der Waals surface area (Å²) in [4.78, 5) is 2.10. The highest BCUT2D eigenvalue weighted by molar-refractivity contribution is 5.49. The molecular weight excluding hydrogens is 278 g/mol. The van der Waals surface area contributed by atoms with E-state index < -0.39 is 6.10 Å². The van der Waals surface area contributed by atoms with E-state index in [4.69, 9.17) is 9.47 Å². The lowest BCUT2D eigenvalue weighted by Crippen LogP contribution is -2.30. The van der Waals surface area contributed by atoms with Crippen LogP contribution in [0.25, 0.3) is 0 Å². The van der Waals surface area contributed by atoms with Gasteiger partial charge in [-0.25, -0.2) is 0 Å². The number of fused-ring (bicyclic) bond motifs is 1. The molecular formula is C18H21NO3. The molecule has 2 aromatic rings. The predicted octanol–water partition coefficient (Wildman–Crippen LogP) is 2.75. The van der Waals surface area contributed by atoms with Gasteiger partial charge < -0.3 is 14.6 Å². The maximum Gasteiger partial charge on any atom is 0.162 e. The summed E-state index contributed by atoms with van der Waals surface area (Å²) in [5.41, 5.74) is 3.13. The Labute approximate surface area is 130 Å². The molecule has 1 N–H and O–H groups in total. The average molecular weight is 299 g/mol. The van der Waals surface area contributed by atoms with Crippen molar-refractivity contribution in [2.75, 3.05) is 20.7 Å². The van der Waals surface area contributed by atoms with E-state index in [-0.39, 0.29) is 0 Å². The Bertz CT molecular complexity index is 642. The highest BCUT2D eigenvalue weighted by Gasteiger charge is 2.24. The molecule has 0 bridgehead atoms. The summed E-state index contributed by atoms with van der Waals surface area (Å²) in [6, 6.07) is 13.9. The zero-order valence-electron chi connectivity index (χ0n) is 13.0. The molecule has 4 heteroatoms. The molecule has 1 aliphatic heterocycles. The minimum Gasteiger partial charge on any atom is -0.493 e. The fourth-order valence-corrected chi connectivity index (χ4v) is 2.82. The molecule has 0 spiro atoms. The van der Waals surface area contributed by atoms with Crippen LogP contribution in [-0.4, -0.2) is 30.7 Å². The lowest BCUT2D eigenvalue weighted by Gasteiger charge is -2.30. The number of aliphatic hydroxyl groups excluding tert-OH is 1. The summed E-state index contributed by atoms with van der Waals surface area (Å²) in [5.74, 6) is 1.38. The normalized spacial score (nSPS) is 17.9. The van der Waals surface area contributed by atoms with Crippen LogP contribution in [-0.2, 0) is 13.2 Å². The summed E-state index contributed by atoms with van der Waals surface area (Å²) in [7, 11) is 3.62. The van der Waals surface area contributed by atoms with Gasteiger partial charge in [-0.05, 0) is 35.9 Å². The number of hydrogen-bond acceptors (Lipinski definition) is 4. The Morgan fingerprint density at radius 3 is 2.68 bits per heavy atom. The largest absolute Gasteiger partial charge is 0.493 e. The van der Waals surface area contributed by atoms with Crippen LogP contribution in [0.15, 0.2) is 42.5 Å². The molecule has 0 aliphatic carbocycles. The van der Waals surface area contributed by atoms with E-state index in [1.54, 1.807) is 7.11 Å². The van der Waals surface area contributed by atoms with E-state index in [1.165, 1.54) is 0 Å². The second-order valence-corrected chi connectivity index (χ2v) is 5.69. The van der Waals surface area contributed by atoms with Crippen LogP contribution in [0.2, 0.25) is 0 Å². The number of benzene rings is 2. The van der Waals surface area contributed by atoms with Crippen molar-refractivity contribution in [3.63, 3.8) is 0 Å². The van der Waals surface area contributed by atoms with Crippen molar-refractivity contribution in [2.45, 2.75) is 19.3 Å². The zero-order chi connectivity index (χ0) is 15.5. The second kappa shape index (κ2) is 6.38. The molecule has 1 unspecified atom stereocenters. The maximum atomic E-state index is 10.2. The lowest BCUT2D eigenvalue weighted by atomic mass is 9.97. The minimum atomic E-state index is -0.481. The van der Waals surface area contributed by atoms with E-state index in [0.29, 0.717) is 24.7 Å². The fraction of sp³-hybridized carbons (Fsp3) is 0.333. The molecule has 1 aliphatic rings. The summed E-state index contributed by atoms with van der Waals surface area (Å²) in [6.07, 6.45) is -0.481. The topological polar surface area (TPSA) is 41.9 Å². The Morgan fingerprint density at radius 1 is 1.18 bits per heavy atom. The fourth-order valence-electron chi connectivity index (χ4n) is 2.82. The van der Waals surface area contributed by atoms with Crippen LogP contribution in [0.1, 0.15) is 22.8 Å². The first-order valence-corrected chi connectivity index (χ1v) is 7.41. The van der Waals surface area contributed by atoms with Gasteiger partial charge in [0.2, 0.25) is 0 Å². The Balaban J connectivity index is 1.86. The van der Waals surface area contributed by atoms with Crippen molar-refractivity contribution >= 4 is 0 Å². The van der Waals surface area contributed by atoms with Gasteiger partial charge in [-0.3, -0.25) is 4.90 Å². The smallest absolute Gasteiger partial charge is 0.162 e. The van der Waals surface area contributed by atoms with Gasteiger partial charge in [-0.1, -0.05) is 30.3 Å². The average Bonchev–Trinajstić information content (AvgIpc) is 2.53. The van der Waals surface area contributed by atoms with Gasteiger partial charge in [-0.2, -0.15) is 0 Å². The van der Waals surface area contributed by atoms with Crippen LogP contribution < -0.4 is 9.47 Å². The molecule has 3 rings (SSSR count). The quantitative estimate of drug-likeness (QED) is 0.942. The third-order valence-electron chi connectivity index (χ3n) is 3.95. The van der Waals surface area contributed by atoms with Gasteiger partial charge in [0.15, 0.2) is 11.5 Å². The number of aliphatic hydroxyl groups is 1. The number of rotatable bonds is 4. The van der Waals surface area contributed by atoms with E-state index >= 15 is 0 Å². The first-order chi connectivity index (χ1) is 10.7. The van der Waals surface area contributed by atoms with Crippen molar-refractivity contribution in [1.82, 2.24) is 4.90 Å². The zero-order valence-corrected chi connectivity index (χ0v) is 13.0. The van der Waals surface area contributed by atoms with Gasteiger partial charge >= 0.3 is 0 Å². The first kappa shape index (κ1) is 14.9.